The molecule has 288 valence electrons. The Morgan fingerprint density at radius 1 is 0.542 bits per heavy atom. The van der Waals surface area contributed by atoms with Crippen molar-refractivity contribution in [2.75, 3.05) is 83.3 Å². The molecule has 0 aliphatic heterocycles. The van der Waals surface area contributed by atoms with Gasteiger partial charge in [0.2, 0.25) is 24.3 Å². The van der Waals surface area contributed by atoms with Crippen LogP contribution in [0.1, 0.15) is 29.7 Å². The van der Waals surface area contributed by atoms with Crippen LogP contribution >= 0.6 is 0 Å². The van der Waals surface area contributed by atoms with Gasteiger partial charge in [-0.25, -0.2) is 38.4 Å². The molecule has 0 saturated carbocycles. The second kappa shape index (κ2) is 96.9. The summed E-state index contributed by atoms with van der Waals surface area (Å²) in [5.74, 6) is 0. The average Bonchev–Trinajstić information content (AvgIpc) is 3.09. The van der Waals surface area contributed by atoms with E-state index < -0.39 is 12.2 Å². The van der Waals surface area contributed by atoms with E-state index in [1.807, 2.05) is 0 Å². The number of nitrogens with one attached hydrogen (secondary N) is 6. The van der Waals surface area contributed by atoms with Gasteiger partial charge in [-0.2, -0.15) is 20.0 Å². The number of nitrogens with zero attached hydrogens (tertiary/aromatic N) is 4. The molecule has 0 radical (unpaired) electrons. The number of carbonyl (C=O) groups excluding carboxylic acids is 8. The molecule has 0 heterocycles. The van der Waals surface area contributed by atoms with Gasteiger partial charge >= 0.3 is 24.2 Å². The van der Waals surface area contributed by atoms with E-state index in [9.17, 15) is 38.4 Å². The predicted octanol–water partition coefficient (Wildman–Crippen LogP) is -1.40. The summed E-state index contributed by atoms with van der Waals surface area (Å²) in [6.45, 7) is -0.224. The fraction of sp³-hybridized carbons (Fsp3) is 0.667. The zero-order valence-corrected chi connectivity index (χ0v) is 25.7. The average molecular weight is 709 g/mol. The number of isocyanates is 4. The van der Waals surface area contributed by atoms with E-state index in [4.69, 9.17) is 10.2 Å². The molecule has 0 aromatic rings. The van der Waals surface area contributed by atoms with E-state index in [1.165, 1.54) is 66.7 Å². The van der Waals surface area contributed by atoms with Crippen molar-refractivity contribution < 1.29 is 58.0 Å². The molecule has 0 rings (SSSR count). The lowest BCUT2D eigenvalue weighted by Gasteiger charge is -2.05. The quantitative estimate of drug-likeness (QED) is 0.0788. The molecule has 0 saturated heterocycles. The molecule has 48 heavy (non-hydrogen) atoms. The third kappa shape index (κ3) is 125. The maximum Gasteiger partial charge on any atom is 0.408 e. The Hall–Kier alpha value is -5.56. The number of carbonyl (C=O) groups is 4. The molecule has 24 nitrogen and oxygen atoms in total. The van der Waals surface area contributed by atoms with E-state index >= 15 is 0 Å². The van der Waals surface area contributed by atoms with Gasteiger partial charge in [0, 0.05) is 28.3 Å². The van der Waals surface area contributed by atoms with Gasteiger partial charge in [-0.15, -0.1) is 0 Å². The lowest BCUT2D eigenvalue weighted by atomic mass is 10.8. The number of ether oxygens (including phenoxy) is 2. The summed E-state index contributed by atoms with van der Waals surface area (Å²) in [5.41, 5.74) is 9.00. The third-order valence-electron chi connectivity index (χ3n) is 2.33. The lowest BCUT2D eigenvalue weighted by Crippen LogP contribution is -2.43. The van der Waals surface area contributed by atoms with Gasteiger partial charge in [-0.3, -0.25) is 0 Å². The first-order valence-electron chi connectivity index (χ1n) is 11.0. The second-order valence-corrected chi connectivity index (χ2v) is 4.48. The molecular formula is C24H60N12O12. The Kier molecular flexibility index (Phi) is 159. The summed E-state index contributed by atoms with van der Waals surface area (Å²) in [4.78, 5) is 90.2. The maximum absolute atomic E-state index is 10.5. The molecule has 24 heteroatoms. The van der Waals surface area contributed by atoms with Gasteiger partial charge in [0.05, 0.1) is 27.6 Å². The molecule has 6 amide bonds. The topological polar surface area (TPSA) is 369 Å². The molecule has 0 aromatic heterocycles. The fourth-order valence-electron chi connectivity index (χ4n) is 0.901. The Balaban J connectivity index is -0.0000000331. The predicted molar refractivity (Wildman–Crippen MR) is 182 cm³/mol. The number of methoxy groups -OCH3 is 2. The zero-order valence-electron chi connectivity index (χ0n) is 25.7. The molecule has 0 atom stereocenters. The minimum Gasteiger partial charge on any atom is -0.453 e. The monoisotopic (exact) mass is 708 g/mol. The highest BCUT2D eigenvalue weighted by Crippen LogP contribution is 1.70. The fourth-order valence-corrected chi connectivity index (χ4v) is 0.901. The number of aliphatic imine (C=N–C) groups is 4. The van der Waals surface area contributed by atoms with Gasteiger partial charge in [0.15, 0.2) is 13.3 Å². The number of aliphatic hydroxyl groups excluding tert-OH is 2. The van der Waals surface area contributed by atoms with Crippen molar-refractivity contribution in [3.05, 3.63) is 0 Å². The first kappa shape index (κ1) is 78.7. The highest BCUT2D eigenvalue weighted by atomic mass is 16.5. The van der Waals surface area contributed by atoms with Crippen LogP contribution in [0.15, 0.2) is 20.0 Å². The normalized spacial score (nSPS) is 5.92. The Morgan fingerprint density at radius 2 is 0.750 bits per heavy atom. The Bertz CT molecular complexity index is 712. The van der Waals surface area contributed by atoms with Gasteiger partial charge in [-0.1, -0.05) is 29.7 Å². The number of aliphatic hydroxyl groups is 2. The van der Waals surface area contributed by atoms with Crippen molar-refractivity contribution in [1.29, 1.82) is 0 Å². The summed E-state index contributed by atoms with van der Waals surface area (Å²) < 4.78 is 8.45. The van der Waals surface area contributed by atoms with Crippen LogP contribution in [-0.2, 0) is 28.7 Å². The van der Waals surface area contributed by atoms with Crippen molar-refractivity contribution >= 4 is 48.6 Å². The van der Waals surface area contributed by atoms with Crippen LogP contribution in [0, 0.1) is 0 Å². The lowest BCUT2D eigenvalue weighted by molar-refractivity contribution is 0.162. The van der Waals surface area contributed by atoms with Gasteiger partial charge in [0.1, 0.15) is 0 Å². The van der Waals surface area contributed by atoms with Crippen LogP contribution in [0.3, 0.4) is 0 Å². The van der Waals surface area contributed by atoms with Crippen LogP contribution < -0.4 is 43.4 Å². The van der Waals surface area contributed by atoms with Crippen LogP contribution in [-0.4, -0.2) is 142 Å². The minimum atomic E-state index is -0.610. The molecule has 0 bridgehead atoms. The minimum absolute atomic E-state index is 0. The maximum atomic E-state index is 10.5. The van der Waals surface area contributed by atoms with Crippen LogP contribution in [0.4, 0.5) is 19.2 Å². The van der Waals surface area contributed by atoms with Crippen LogP contribution in [0.5, 0.6) is 0 Å². The number of nitrogens with two attached hydrogens (primary N) is 2. The van der Waals surface area contributed by atoms with Crippen molar-refractivity contribution in [2.45, 2.75) is 29.7 Å². The van der Waals surface area contributed by atoms with E-state index in [-0.39, 0.29) is 68.4 Å². The SMILES string of the molecule is C.C.C.C.CN.CN.CNC(=O)NCNC(=O)NC.CO.CO.COC(=O)NCNC(=O)OC.O=C=NCN=C=O.O=C=NCN=C=O. The van der Waals surface area contributed by atoms with Crippen molar-refractivity contribution in [3.8, 4) is 0 Å². The zero-order chi connectivity index (χ0) is 36.5. The largest absolute Gasteiger partial charge is 0.453 e. The number of alkyl carbamates (subject to hydrolysis) is 2. The van der Waals surface area contributed by atoms with Crippen LogP contribution in [0.25, 0.3) is 0 Å². The summed E-state index contributed by atoms with van der Waals surface area (Å²) in [5, 5.41) is 27.9. The van der Waals surface area contributed by atoms with E-state index in [0.717, 1.165) is 14.2 Å². The molecular weight excluding hydrogens is 648 g/mol. The standard InChI is InChI=1S/C5H12N4O2.C5H10N2O4.2C3H2N2O2.2CH5N.2CH4O.4CH4/c1-6-4(10)8-3-9-5(11)7-2;1-10-4(8)6-3-7-5(9)11-2;2*6-2-4-1-5-3-7;4*1-2;;;;/h3H2,1-2H3,(H2,6,8,10)(H2,7,9,11);3H2,1-2H3,(H,6,8)(H,7,9);2*1H2;2*2H2,1H3;2*2H,1H3;4*1H4. The second-order valence-electron chi connectivity index (χ2n) is 4.48. The molecule has 0 aromatic carbocycles. The molecule has 0 unspecified atom stereocenters. The third-order valence-corrected chi connectivity index (χ3v) is 2.33. The Morgan fingerprint density at radius 3 is 0.917 bits per heavy atom. The van der Waals surface area contributed by atoms with Crippen molar-refractivity contribution in [2.24, 2.45) is 31.4 Å². The highest BCUT2D eigenvalue weighted by Gasteiger charge is 1.99. The van der Waals surface area contributed by atoms with E-state index in [1.54, 1.807) is 0 Å². The molecule has 0 spiro atoms. The highest BCUT2D eigenvalue weighted by molar-refractivity contribution is 5.76. The van der Waals surface area contributed by atoms with Gasteiger partial charge < -0.3 is 63.1 Å². The molecule has 0 aliphatic carbocycles. The number of rotatable bonds is 8. The van der Waals surface area contributed by atoms with Gasteiger partial charge in [0.25, 0.3) is 0 Å². The number of amides is 6. The number of hydrogen-bond acceptors (Lipinski definition) is 18. The van der Waals surface area contributed by atoms with Crippen molar-refractivity contribution in [3.63, 3.8) is 0 Å². The van der Waals surface area contributed by atoms with E-state index in [0.29, 0.717) is 0 Å². The molecule has 0 fully saturated rings. The summed E-state index contributed by atoms with van der Waals surface area (Å²) in [7, 11) is 10.4. The number of hydrogen-bond donors (Lipinski definition) is 10. The summed E-state index contributed by atoms with van der Waals surface area (Å²) in [6, 6.07) is -0.664. The van der Waals surface area contributed by atoms with Gasteiger partial charge in [-0.05, 0) is 14.1 Å². The summed E-state index contributed by atoms with van der Waals surface area (Å²) in [6.07, 6.45) is 3.60. The van der Waals surface area contributed by atoms with E-state index in [2.05, 4.69) is 72.8 Å². The smallest absolute Gasteiger partial charge is 0.408 e. The first-order valence-corrected chi connectivity index (χ1v) is 11.0. The number of urea groups is 2. The first-order chi connectivity index (χ1) is 21.2. The Labute approximate surface area is 283 Å². The molecule has 0 aliphatic rings. The summed E-state index contributed by atoms with van der Waals surface area (Å²) >= 11 is 0. The van der Waals surface area contributed by atoms with Crippen LogP contribution in [0.2, 0.25) is 0 Å². The van der Waals surface area contributed by atoms with Crippen molar-refractivity contribution in [1.82, 2.24) is 31.9 Å². The molecule has 12 N–H and O–H groups in total.